The zero-order valence-electron chi connectivity index (χ0n) is 63.6. The molecule has 12 nitrogen and oxygen atoms in total. The van der Waals surface area contributed by atoms with Gasteiger partial charge < -0.3 is 9.13 Å². The van der Waals surface area contributed by atoms with Crippen molar-refractivity contribution < 1.29 is 0 Å². The molecule has 0 N–H and O–H groups in total. The molecule has 23 rings (SSSR count). The minimum Gasteiger partial charge on any atom is -0.309 e. The molecule has 0 saturated carbocycles. The van der Waals surface area contributed by atoms with Crippen LogP contribution in [0.25, 0.3) is 212 Å². The molecule has 0 saturated heterocycles. The van der Waals surface area contributed by atoms with Crippen LogP contribution in [0.1, 0.15) is 0 Å². The molecule has 0 aliphatic heterocycles. The van der Waals surface area contributed by atoms with E-state index < -0.39 is 0 Å². The minimum atomic E-state index is 0.564. The molecule has 0 fully saturated rings. The topological polar surface area (TPSA) is 123 Å². The van der Waals surface area contributed by atoms with Crippen LogP contribution in [0.3, 0.4) is 0 Å². The molecule has 0 spiro atoms. The SMILES string of the molecule is c1ccc(-c2cc(-c3ccccc3)cc(-n3c4ccccc4c4cc(-c5ccc6c(c5)c5ccccc5n6-c5nc(-c6ccccn6)cc(-c6ccccn6)n5)ccc43)c2)cc1.c1ccc(-c2ccc(-n3c4ccccc4c4cc(-c5ccc6c(c5)c5ccccc5n6-c5nc(-c6ccccn6)cc(-c6ccccn6)n5)ccc43)cc2)cc1. The maximum Gasteiger partial charge on any atom is 0.235 e. The number of pyridine rings is 4. The molecule has 0 radical (unpaired) electrons. The van der Waals surface area contributed by atoms with Gasteiger partial charge in [-0.2, -0.15) is 0 Å². The molecule has 552 valence electrons. The van der Waals surface area contributed by atoms with Crippen molar-refractivity contribution in [3.05, 3.63) is 413 Å². The summed E-state index contributed by atoms with van der Waals surface area (Å²) in [5.74, 6) is 1.13. The van der Waals surface area contributed by atoms with Gasteiger partial charge in [-0.15, -0.1) is 0 Å². The number of nitrogens with zero attached hydrogens (tertiary/aromatic N) is 12. The van der Waals surface area contributed by atoms with Gasteiger partial charge in [0.05, 0.1) is 89.7 Å². The fourth-order valence-corrected chi connectivity index (χ4v) is 17.0. The van der Waals surface area contributed by atoms with E-state index in [9.17, 15) is 0 Å². The van der Waals surface area contributed by atoms with E-state index in [2.05, 4.69) is 342 Å². The first kappa shape index (κ1) is 68.6. The molecule has 0 aliphatic carbocycles. The molecule has 118 heavy (non-hydrogen) atoms. The van der Waals surface area contributed by atoms with Crippen LogP contribution in [-0.2, 0) is 0 Å². The van der Waals surface area contributed by atoms with E-state index in [4.69, 9.17) is 19.9 Å². The van der Waals surface area contributed by atoms with Crippen LogP contribution >= 0.6 is 0 Å². The molecule has 0 amide bonds. The van der Waals surface area contributed by atoms with E-state index in [0.29, 0.717) is 11.9 Å². The van der Waals surface area contributed by atoms with Gasteiger partial charge in [0.2, 0.25) is 11.9 Å². The van der Waals surface area contributed by atoms with Crippen LogP contribution in [0.2, 0.25) is 0 Å². The number of fused-ring (bicyclic) bond motifs is 12. The quantitative estimate of drug-likeness (QED) is 0.112. The molecular formula is C106H68N12. The van der Waals surface area contributed by atoms with Gasteiger partial charge in [-0.3, -0.25) is 29.1 Å². The highest BCUT2D eigenvalue weighted by molar-refractivity contribution is 6.15. The van der Waals surface area contributed by atoms with Gasteiger partial charge in [-0.1, -0.05) is 224 Å². The van der Waals surface area contributed by atoms with Crippen molar-refractivity contribution >= 4 is 87.2 Å². The highest BCUT2D eigenvalue weighted by atomic mass is 15.2. The largest absolute Gasteiger partial charge is 0.309 e. The van der Waals surface area contributed by atoms with Crippen molar-refractivity contribution in [1.82, 2.24) is 58.1 Å². The minimum absolute atomic E-state index is 0.564. The molecule has 23 aromatic rings. The summed E-state index contributed by atoms with van der Waals surface area (Å²) in [6, 6.07) is 137. The lowest BCUT2D eigenvalue weighted by atomic mass is 9.98. The van der Waals surface area contributed by atoms with E-state index >= 15 is 0 Å². The monoisotopic (exact) mass is 1510 g/mol. The Bertz CT molecular complexity index is 7340. The average Bonchev–Trinajstić information content (AvgIpc) is 1.59. The number of para-hydroxylation sites is 4. The zero-order chi connectivity index (χ0) is 78.0. The van der Waals surface area contributed by atoms with Gasteiger partial charge in [-0.05, 0) is 219 Å². The number of hydrogen-bond donors (Lipinski definition) is 0. The van der Waals surface area contributed by atoms with Gasteiger partial charge in [0.1, 0.15) is 0 Å². The van der Waals surface area contributed by atoms with E-state index in [1.807, 2.05) is 84.9 Å². The summed E-state index contributed by atoms with van der Waals surface area (Å²) in [7, 11) is 0. The average molecular weight is 1510 g/mol. The second-order valence-electron chi connectivity index (χ2n) is 29.5. The lowest BCUT2D eigenvalue weighted by Crippen LogP contribution is -2.04. The van der Waals surface area contributed by atoms with Gasteiger partial charge in [0.25, 0.3) is 0 Å². The van der Waals surface area contributed by atoms with Gasteiger partial charge in [0.15, 0.2) is 0 Å². The zero-order valence-corrected chi connectivity index (χ0v) is 63.6. The van der Waals surface area contributed by atoms with Crippen molar-refractivity contribution in [1.29, 1.82) is 0 Å². The van der Waals surface area contributed by atoms with Crippen molar-refractivity contribution in [2.24, 2.45) is 0 Å². The van der Waals surface area contributed by atoms with E-state index in [-0.39, 0.29) is 0 Å². The molecule has 10 aromatic heterocycles. The summed E-state index contributed by atoms with van der Waals surface area (Å²) in [5.41, 5.74) is 28.8. The summed E-state index contributed by atoms with van der Waals surface area (Å²) < 4.78 is 9.12. The van der Waals surface area contributed by atoms with E-state index in [1.54, 1.807) is 24.8 Å². The number of hydrogen-bond acceptors (Lipinski definition) is 8. The van der Waals surface area contributed by atoms with Crippen molar-refractivity contribution in [3.8, 4) is 124 Å². The highest BCUT2D eigenvalue weighted by Crippen LogP contribution is 2.43. The Morgan fingerprint density at radius 3 is 0.720 bits per heavy atom. The summed E-state index contributed by atoms with van der Waals surface area (Å²) in [6.45, 7) is 0. The molecular weight excluding hydrogens is 1440 g/mol. The normalized spacial score (nSPS) is 11.6. The Balaban J connectivity index is 0.000000143. The second-order valence-corrected chi connectivity index (χ2v) is 29.5. The van der Waals surface area contributed by atoms with Gasteiger partial charge in [0, 0.05) is 79.3 Å². The van der Waals surface area contributed by atoms with E-state index in [0.717, 1.165) is 128 Å². The Hall–Kier alpha value is -16.2. The standard InChI is InChI=1S/C56H36N6.C50H32N6/c1-3-15-37(16-4-1)41-31-42(38-17-5-2-6-18-38)33-43(32-41)61-52-23-9-7-19-44(52)46-34-39(25-27-54(46)61)40-26-28-55-47(35-40)45-20-8-10-24-53(45)62(55)56-59-50(48-21-11-13-29-57-48)36-51(60-56)49-22-12-14-30-58-49;1-2-12-33(13-3-1)34-20-24-37(25-21-34)55-46-18-6-4-14-38(46)40-30-35(22-26-48(40)55)36-23-27-49-41(31-36)39-15-5-7-19-47(39)56(49)50-53-44(42-16-8-10-28-51-42)32-45(54-50)43-17-9-11-29-52-43/h1-36H;1-32H. The van der Waals surface area contributed by atoms with Crippen LogP contribution in [0.4, 0.5) is 0 Å². The fraction of sp³-hybridized carbons (Fsp3) is 0. The third-order valence-electron chi connectivity index (χ3n) is 22.5. The number of rotatable bonds is 13. The van der Waals surface area contributed by atoms with Crippen LogP contribution in [0.15, 0.2) is 413 Å². The third-order valence-corrected chi connectivity index (χ3v) is 22.5. The first-order valence-corrected chi connectivity index (χ1v) is 39.5. The lowest BCUT2D eigenvalue weighted by molar-refractivity contribution is 0.988. The van der Waals surface area contributed by atoms with Crippen LogP contribution in [-0.4, -0.2) is 58.1 Å². The Labute approximate surface area is 678 Å². The van der Waals surface area contributed by atoms with Gasteiger partial charge in [-0.25, -0.2) is 19.9 Å². The smallest absolute Gasteiger partial charge is 0.235 e. The maximum absolute atomic E-state index is 5.15. The van der Waals surface area contributed by atoms with Crippen molar-refractivity contribution in [2.75, 3.05) is 0 Å². The summed E-state index contributed by atoms with van der Waals surface area (Å²) in [6.07, 6.45) is 7.16. The van der Waals surface area contributed by atoms with Crippen molar-refractivity contribution in [3.63, 3.8) is 0 Å². The molecule has 10 heterocycles. The maximum atomic E-state index is 5.15. The first-order chi connectivity index (χ1) is 58.5. The molecule has 0 unspecified atom stereocenters. The van der Waals surface area contributed by atoms with Gasteiger partial charge >= 0.3 is 0 Å². The molecule has 0 bridgehead atoms. The summed E-state index contributed by atoms with van der Waals surface area (Å²) >= 11 is 0. The highest BCUT2D eigenvalue weighted by Gasteiger charge is 2.24. The predicted molar refractivity (Wildman–Crippen MR) is 482 cm³/mol. The second kappa shape index (κ2) is 29.1. The summed E-state index contributed by atoms with van der Waals surface area (Å²) in [5, 5.41) is 9.37. The van der Waals surface area contributed by atoms with Crippen LogP contribution in [0, 0.1) is 0 Å². The molecule has 0 atom stereocenters. The Morgan fingerprint density at radius 2 is 0.398 bits per heavy atom. The van der Waals surface area contributed by atoms with Crippen LogP contribution < -0.4 is 0 Å². The Morgan fingerprint density at radius 1 is 0.144 bits per heavy atom. The van der Waals surface area contributed by atoms with E-state index in [1.165, 1.54) is 71.5 Å². The number of aromatic nitrogens is 12. The molecule has 13 aromatic carbocycles. The van der Waals surface area contributed by atoms with Crippen molar-refractivity contribution in [2.45, 2.75) is 0 Å². The molecule has 0 aliphatic rings. The Kier molecular flexibility index (Phi) is 16.9. The molecule has 12 heteroatoms. The third kappa shape index (κ3) is 12.3. The fourth-order valence-electron chi connectivity index (χ4n) is 17.0. The number of benzene rings is 13. The summed E-state index contributed by atoms with van der Waals surface area (Å²) in [4.78, 5) is 39.1. The lowest BCUT2D eigenvalue weighted by Gasteiger charge is -2.14. The van der Waals surface area contributed by atoms with Crippen LogP contribution in [0.5, 0.6) is 0 Å². The predicted octanol–water partition coefficient (Wildman–Crippen LogP) is 25.9. The first-order valence-electron chi connectivity index (χ1n) is 39.5.